The summed E-state index contributed by atoms with van der Waals surface area (Å²) in [5, 5.41) is 12.1. The first-order chi connectivity index (χ1) is 23.2. The van der Waals surface area contributed by atoms with Crippen molar-refractivity contribution in [2.75, 3.05) is 37.0 Å². The van der Waals surface area contributed by atoms with Gasteiger partial charge in [-0.15, -0.1) is 0 Å². The fourth-order valence-electron chi connectivity index (χ4n) is 6.28. The summed E-state index contributed by atoms with van der Waals surface area (Å²) in [6, 6.07) is 18.4. The lowest BCUT2D eigenvalue weighted by Gasteiger charge is -2.40. The van der Waals surface area contributed by atoms with Crippen LogP contribution in [-0.2, 0) is 16.0 Å². The Morgan fingerprint density at radius 2 is 1.69 bits per heavy atom. The van der Waals surface area contributed by atoms with Crippen LogP contribution < -0.4 is 10.2 Å². The third-order valence-electron chi connectivity index (χ3n) is 8.66. The Kier molecular flexibility index (Phi) is 11.1. The molecule has 250 valence electrons. The molecule has 0 bridgehead atoms. The van der Waals surface area contributed by atoms with Gasteiger partial charge in [0, 0.05) is 49.9 Å². The highest BCUT2D eigenvalue weighted by atomic mass is 35.5. The van der Waals surface area contributed by atoms with E-state index >= 15 is 0 Å². The number of hydrogen-bond acceptors (Lipinski definition) is 6. The summed E-state index contributed by atoms with van der Waals surface area (Å²) in [6.45, 7) is 5.85. The van der Waals surface area contributed by atoms with Gasteiger partial charge >= 0.3 is 5.97 Å². The van der Waals surface area contributed by atoms with E-state index in [2.05, 4.69) is 15.2 Å². The largest absolute Gasteiger partial charge is 0.478 e. The molecule has 9 nitrogen and oxygen atoms in total. The maximum absolute atomic E-state index is 14.9. The van der Waals surface area contributed by atoms with Crippen molar-refractivity contribution in [3.05, 3.63) is 112 Å². The molecule has 2 aliphatic rings. The normalized spacial score (nSPS) is 16.0. The van der Waals surface area contributed by atoms with Gasteiger partial charge in [-0.3, -0.25) is 14.6 Å². The Labute approximate surface area is 284 Å². The second-order valence-corrected chi connectivity index (χ2v) is 11.7. The first-order valence-electron chi connectivity index (χ1n) is 16.0. The number of fused-ring (bicyclic) bond motifs is 1. The Morgan fingerprint density at radius 3 is 2.38 bits per heavy atom. The number of carboxylic acid groups (broad SMARTS) is 1. The van der Waals surface area contributed by atoms with E-state index in [1.54, 1.807) is 25.3 Å². The van der Waals surface area contributed by atoms with E-state index in [0.29, 0.717) is 23.2 Å². The van der Waals surface area contributed by atoms with Gasteiger partial charge in [-0.1, -0.05) is 49.7 Å². The molecule has 48 heavy (non-hydrogen) atoms. The third kappa shape index (κ3) is 7.19. The number of aromatic nitrogens is 1. The van der Waals surface area contributed by atoms with Crippen LogP contribution in [0.15, 0.2) is 79.0 Å². The Bertz CT molecular complexity index is 1790. The first-order valence-corrected chi connectivity index (χ1v) is 16.4. The molecule has 1 saturated heterocycles. The Morgan fingerprint density at radius 1 is 0.979 bits per heavy atom. The topological polar surface area (TPSA) is 112 Å². The fraction of sp³-hybridized carbons (Fsp3) is 0.297. The fourth-order valence-corrected chi connectivity index (χ4v) is 6.45. The number of hydrogen-bond donors (Lipinski definition) is 2. The van der Waals surface area contributed by atoms with Crippen molar-refractivity contribution in [1.82, 2.24) is 9.88 Å². The predicted molar refractivity (Wildman–Crippen MR) is 184 cm³/mol. The number of nitrogens with zero attached hydrogens (tertiary/aromatic N) is 3. The summed E-state index contributed by atoms with van der Waals surface area (Å²) in [5.41, 5.74) is 3.91. The minimum absolute atomic E-state index is 0.0369. The molecule has 0 radical (unpaired) electrons. The van der Waals surface area contributed by atoms with Gasteiger partial charge in [-0.25, -0.2) is 9.18 Å². The van der Waals surface area contributed by atoms with Gasteiger partial charge < -0.3 is 25.0 Å². The Hall–Kier alpha value is -4.80. The van der Waals surface area contributed by atoms with Crippen LogP contribution in [0.25, 0.3) is 11.1 Å². The molecule has 1 unspecified atom stereocenters. The molecule has 6 rings (SSSR count). The summed E-state index contributed by atoms with van der Waals surface area (Å²) in [7, 11) is 1.73. The van der Waals surface area contributed by atoms with Crippen molar-refractivity contribution in [3.8, 4) is 11.1 Å². The van der Waals surface area contributed by atoms with Crippen molar-refractivity contribution in [2.45, 2.75) is 45.3 Å². The molecule has 2 aliphatic heterocycles. The number of halogens is 2. The molecule has 0 aliphatic carbocycles. The van der Waals surface area contributed by atoms with Crippen LogP contribution in [0.2, 0.25) is 5.02 Å². The van der Waals surface area contributed by atoms with E-state index in [9.17, 15) is 23.9 Å². The molecular weight excluding hydrogens is 635 g/mol. The minimum atomic E-state index is -1.08. The molecule has 11 heteroatoms. The number of pyridine rings is 1. The standard InChI is InChI=1S/C35H32ClFN4O5.C2H6/c1-46-24-13-17-40(18-14-24)30-7-3-5-27-26(30)15-19-41(32(27)33(42)39-23-10-8-21(9-11-23)35(44)45)34(43)29-20-22(12-16-38-29)25-4-2-6-28(36)31(25)37;1-2/h2-12,16,20,24,32H,13-15,17-19H2,1H3,(H,39,42)(H,44,45);1-2H3. The quantitative estimate of drug-likeness (QED) is 0.213. The summed E-state index contributed by atoms with van der Waals surface area (Å²) in [6.07, 6.45) is 3.92. The summed E-state index contributed by atoms with van der Waals surface area (Å²) >= 11 is 6.01. The number of aromatic carboxylic acids is 1. The lowest BCUT2D eigenvalue weighted by molar-refractivity contribution is -0.121. The maximum atomic E-state index is 14.9. The van der Waals surface area contributed by atoms with Gasteiger partial charge in [-0.05, 0) is 84.5 Å². The van der Waals surface area contributed by atoms with Crippen LogP contribution in [0.5, 0.6) is 0 Å². The van der Waals surface area contributed by atoms with Crippen molar-refractivity contribution in [1.29, 1.82) is 0 Å². The predicted octanol–water partition coefficient (Wildman–Crippen LogP) is 7.26. The van der Waals surface area contributed by atoms with Crippen LogP contribution in [0.1, 0.15) is 64.7 Å². The van der Waals surface area contributed by atoms with Crippen LogP contribution in [-0.4, -0.2) is 65.6 Å². The molecule has 1 aromatic heterocycles. The summed E-state index contributed by atoms with van der Waals surface area (Å²) < 4.78 is 20.4. The molecule has 0 spiro atoms. The highest BCUT2D eigenvalue weighted by Crippen LogP contribution is 2.38. The zero-order chi connectivity index (χ0) is 34.4. The van der Waals surface area contributed by atoms with Gasteiger partial charge in [0.15, 0.2) is 0 Å². The van der Waals surface area contributed by atoms with Gasteiger partial charge in [-0.2, -0.15) is 0 Å². The summed E-state index contributed by atoms with van der Waals surface area (Å²) in [5.74, 6) is -2.62. The van der Waals surface area contributed by atoms with Crippen LogP contribution in [0.3, 0.4) is 0 Å². The van der Waals surface area contributed by atoms with Crippen LogP contribution in [0.4, 0.5) is 15.8 Å². The van der Waals surface area contributed by atoms with Crippen molar-refractivity contribution in [2.24, 2.45) is 0 Å². The lowest BCUT2D eigenvalue weighted by atomic mass is 9.89. The smallest absolute Gasteiger partial charge is 0.335 e. The number of carboxylic acids is 1. The molecule has 3 heterocycles. The van der Waals surface area contributed by atoms with Crippen molar-refractivity contribution < 1.29 is 28.6 Å². The number of carbonyl (C=O) groups is 3. The van der Waals surface area contributed by atoms with E-state index in [0.717, 1.165) is 37.2 Å². The number of methoxy groups -OCH3 is 1. The van der Waals surface area contributed by atoms with E-state index in [-0.39, 0.29) is 34.5 Å². The SMILES string of the molecule is CC.COC1CCN(c2cccc3c2CCN(C(=O)c2cc(-c4cccc(Cl)c4F)ccn2)C3C(=O)Nc2ccc(C(=O)O)cc2)CC1. The number of carbonyl (C=O) groups excluding carboxylic acids is 2. The monoisotopic (exact) mass is 672 g/mol. The molecular formula is C37H38ClFN4O5. The average molecular weight is 673 g/mol. The molecule has 1 fully saturated rings. The number of anilines is 2. The average Bonchev–Trinajstić information content (AvgIpc) is 3.12. The number of piperidine rings is 1. The van der Waals surface area contributed by atoms with E-state index in [4.69, 9.17) is 16.3 Å². The van der Waals surface area contributed by atoms with E-state index in [1.807, 2.05) is 32.0 Å². The second kappa shape index (κ2) is 15.4. The molecule has 1 atom stereocenters. The zero-order valence-corrected chi connectivity index (χ0v) is 27.8. The molecule has 4 aromatic rings. The number of rotatable bonds is 7. The number of amides is 2. The molecule has 0 saturated carbocycles. The highest BCUT2D eigenvalue weighted by Gasteiger charge is 2.38. The molecule has 2 N–H and O–H groups in total. The van der Waals surface area contributed by atoms with Crippen molar-refractivity contribution >= 4 is 40.8 Å². The maximum Gasteiger partial charge on any atom is 0.335 e. The van der Waals surface area contributed by atoms with Crippen molar-refractivity contribution in [3.63, 3.8) is 0 Å². The molecule has 3 aromatic carbocycles. The van der Waals surface area contributed by atoms with E-state index in [1.165, 1.54) is 47.5 Å². The lowest BCUT2D eigenvalue weighted by Crippen LogP contribution is -2.46. The number of ether oxygens (including phenoxy) is 1. The van der Waals surface area contributed by atoms with Gasteiger partial charge in [0.1, 0.15) is 17.6 Å². The number of benzene rings is 3. The van der Waals surface area contributed by atoms with Crippen LogP contribution in [0, 0.1) is 5.82 Å². The Balaban J connectivity index is 0.00000221. The third-order valence-corrected chi connectivity index (χ3v) is 8.95. The van der Waals surface area contributed by atoms with Gasteiger partial charge in [0.25, 0.3) is 11.8 Å². The van der Waals surface area contributed by atoms with E-state index < -0.39 is 29.6 Å². The summed E-state index contributed by atoms with van der Waals surface area (Å²) in [4.78, 5) is 47.7. The van der Waals surface area contributed by atoms with Gasteiger partial charge in [0.2, 0.25) is 0 Å². The zero-order valence-electron chi connectivity index (χ0n) is 27.1. The first kappa shape index (κ1) is 34.5. The van der Waals surface area contributed by atoms with Crippen LogP contribution >= 0.6 is 11.6 Å². The molecule has 2 amide bonds. The highest BCUT2D eigenvalue weighted by molar-refractivity contribution is 6.31. The number of nitrogens with one attached hydrogen (secondary N) is 1. The van der Waals surface area contributed by atoms with Gasteiger partial charge in [0.05, 0.1) is 16.7 Å². The minimum Gasteiger partial charge on any atom is -0.478 e. The second-order valence-electron chi connectivity index (χ2n) is 11.3.